The average Bonchev–Trinajstić information content (AvgIpc) is 2.83. The van der Waals surface area contributed by atoms with Gasteiger partial charge >= 0.3 is 0 Å². The Morgan fingerprint density at radius 2 is 1.91 bits per heavy atom. The van der Waals surface area contributed by atoms with Gasteiger partial charge in [-0.3, -0.25) is 4.79 Å². The Morgan fingerprint density at radius 3 is 2.57 bits per heavy atom. The third kappa shape index (κ3) is 4.21. The highest BCUT2D eigenvalue weighted by Gasteiger charge is 2.20. The number of para-hydroxylation sites is 1. The van der Waals surface area contributed by atoms with Gasteiger partial charge in [0.1, 0.15) is 0 Å². The van der Waals surface area contributed by atoms with Crippen LogP contribution in [-0.4, -0.2) is 21.7 Å². The Morgan fingerprint density at radius 1 is 1.22 bits per heavy atom. The lowest BCUT2D eigenvalue weighted by Gasteiger charge is -2.14. The standard InChI is InChI=1S/C19H27N3O/c1-5-6-8-11-14(2)20-19(23)18-15(3)21-22(16(18)4)17-12-9-7-10-13-17/h7,9-10,12-14H,5-6,8,11H2,1-4H3,(H,20,23)/t14-/m0/s1. The fourth-order valence-corrected chi connectivity index (χ4v) is 2.86. The molecule has 124 valence electrons. The van der Waals surface area contributed by atoms with Gasteiger partial charge in [0.05, 0.1) is 22.6 Å². The number of hydrogen-bond donors (Lipinski definition) is 1. The Labute approximate surface area is 138 Å². The van der Waals surface area contributed by atoms with E-state index in [1.807, 2.05) is 48.9 Å². The number of nitrogens with zero attached hydrogens (tertiary/aromatic N) is 2. The first-order chi connectivity index (χ1) is 11.0. The zero-order valence-electron chi connectivity index (χ0n) is 14.6. The molecule has 0 aliphatic rings. The van der Waals surface area contributed by atoms with Crippen LogP contribution in [0, 0.1) is 13.8 Å². The third-order valence-electron chi connectivity index (χ3n) is 4.14. The van der Waals surface area contributed by atoms with Crippen molar-refractivity contribution in [1.29, 1.82) is 0 Å². The van der Waals surface area contributed by atoms with Gasteiger partial charge in [-0.25, -0.2) is 4.68 Å². The molecule has 2 aromatic rings. The summed E-state index contributed by atoms with van der Waals surface area (Å²) in [6.45, 7) is 8.10. The van der Waals surface area contributed by atoms with Gasteiger partial charge in [-0.15, -0.1) is 0 Å². The average molecular weight is 313 g/mol. The van der Waals surface area contributed by atoms with E-state index < -0.39 is 0 Å². The van der Waals surface area contributed by atoms with Crippen LogP contribution in [0.4, 0.5) is 0 Å². The van der Waals surface area contributed by atoms with Crippen molar-refractivity contribution in [2.75, 3.05) is 0 Å². The first kappa shape index (κ1) is 17.3. The minimum Gasteiger partial charge on any atom is -0.349 e. The molecule has 0 aliphatic heterocycles. The SMILES string of the molecule is CCCCC[C@H](C)NC(=O)c1c(C)nn(-c2ccccc2)c1C. The first-order valence-corrected chi connectivity index (χ1v) is 8.47. The molecule has 0 bridgehead atoms. The maximum absolute atomic E-state index is 12.6. The van der Waals surface area contributed by atoms with Gasteiger partial charge in [0.2, 0.25) is 0 Å². The molecule has 2 rings (SSSR count). The molecular weight excluding hydrogens is 286 g/mol. The lowest BCUT2D eigenvalue weighted by molar-refractivity contribution is 0.0936. The Hall–Kier alpha value is -2.10. The summed E-state index contributed by atoms with van der Waals surface area (Å²) in [7, 11) is 0. The normalized spacial score (nSPS) is 12.2. The van der Waals surface area contributed by atoms with Gasteiger partial charge < -0.3 is 5.32 Å². The molecule has 0 radical (unpaired) electrons. The van der Waals surface area contributed by atoms with E-state index in [1.54, 1.807) is 0 Å². The van der Waals surface area contributed by atoms with Crippen LogP contribution in [0.15, 0.2) is 30.3 Å². The molecule has 1 aromatic heterocycles. The summed E-state index contributed by atoms with van der Waals surface area (Å²) in [4.78, 5) is 12.6. The minimum absolute atomic E-state index is 0.0221. The molecule has 1 heterocycles. The molecule has 0 aliphatic carbocycles. The Balaban J connectivity index is 2.14. The summed E-state index contributed by atoms with van der Waals surface area (Å²) in [5.74, 6) is -0.0221. The first-order valence-electron chi connectivity index (χ1n) is 8.47. The van der Waals surface area contributed by atoms with Crippen molar-refractivity contribution in [3.8, 4) is 5.69 Å². The van der Waals surface area contributed by atoms with Crippen LogP contribution in [-0.2, 0) is 0 Å². The van der Waals surface area contributed by atoms with Gasteiger partial charge in [0.15, 0.2) is 0 Å². The number of aryl methyl sites for hydroxylation is 1. The van der Waals surface area contributed by atoms with Crippen LogP contribution in [0.3, 0.4) is 0 Å². The predicted molar refractivity (Wildman–Crippen MR) is 94.1 cm³/mol. The molecule has 0 fully saturated rings. The van der Waals surface area contributed by atoms with Crippen molar-refractivity contribution in [1.82, 2.24) is 15.1 Å². The van der Waals surface area contributed by atoms with Crippen molar-refractivity contribution in [2.45, 2.75) is 59.4 Å². The van der Waals surface area contributed by atoms with E-state index in [1.165, 1.54) is 12.8 Å². The number of carbonyl (C=O) groups excluding carboxylic acids is 1. The number of aromatic nitrogens is 2. The topological polar surface area (TPSA) is 46.9 Å². The van der Waals surface area contributed by atoms with E-state index in [2.05, 4.69) is 24.3 Å². The molecule has 4 heteroatoms. The second-order valence-corrected chi connectivity index (χ2v) is 6.16. The highest BCUT2D eigenvalue weighted by atomic mass is 16.1. The van der Waals surface area contributed by atoms with E-state index >= 15 is 0 Å². The molecule has 0 spiro atoms. The number of hydrogen-bond acceptors (Lipinski definition) is 2. The van der Waals surface area contributed by atoms with Crippen LogP contribution in [0.2, 0.25) is 0 Å². The summed E-state index contributed by atoms with van der Waals surface area (Å²) >= 11 is 0. The van der Waals surface area contributed by atoms with Crippen molar-refractivity contribution >= 4 is 5.91 Å². The van der Waals surface area contributed by atoms with Gasteiger partial charge in [-0.2, -0.15) is 5.10 Å². The zero-order chi connectivity index (χ0) is 16.8. The molecule has 0 unspecified atom stereocenters. The fourth-order valence-electron chi connectivity index (χ4n) is 2.86. The van der Waals surface area contributed by atoms with Crippen molar-refractivity contribution in [2.24, 2.45) is 0 Å². The number of unbranched alkanes of at least 4 members (excludes halogenated alkanes) is 2. The second kappa shape index (κ2) is 7.95. The third-order valence-corrected chi connectivity index (χ3v) is 4.14. The molecule has 0 saturated carbocycles. The molecule has 4 nitrogen and oxygen atoms in total. The Bertz CT molecular complexity index is 646. The number of benzene rings is 1. The number of nitrogens with one attached hydrogen (secondary N) is 1. The van der Waals surface area contributed by atoms with E-state index in [4.69, 9.17) is 0 Å². The van der Waals surface area contributed by atoms with Gasteiger partial charge in [-0.05, 0) is 39.3 Å². The minimum atomic E-state index is -0.0221. The number of amides is 1. The summed E-state index contributed by atoms with van der Waals surface area (Å²) in [5.41, 5.74) is 3.32. The van der Waals surface area contributed by atoms with Crippen LogP contribution in [0.1, 0.15) is 61.3 Å². The van der Waals surface area contributed by atoms with E-state index in [-0.39, 0.29) is 11.9 Å². The van der Waals surface area contributed by atoms with Crippen molar-refractivity contribution in [3.63, 3.8) is 0 Å². The fraction of sp³-hybridized carbons (Fsp3) is 0.474. The molecule has 1 N–H and O–H groups in total. The molecule has 1 aromatic carbocycles. The predicted octanol–water partition coefficient (Wildman–Crippen LogP) is 4.19. The highest BCUT2D eigenvalue weighted by molar-refractivity contribution is 5.96. The summed E-state index contributed by atoms with van der Waals surface area (Å²) < 4.78 is 1.84. The largest absolute Gasteiger partial charge is 0.349 e. The molecule has 0 saturated heterocycles. The highest BCUT2D eigenvalue weighted by Crippen LogP contribution is 2.18. The van der Waals surface area contributed by atoms with E-state index in [0.29, 0.717) is 5.56 Å². The second-order valence-electron chi connectivity index (χ2n) is 6.16. The van der Waals surface area contributed by atoms with Gasteiger partial charge in [0.25, 0.3) is 5.91 Å². The maximum atomic E-state index is 12.6. The molecule has 1 atom stereocenters. The maximum Gasteiger partial charge on any atom is 0.255 e. The quantitative estimate of drug-likeness (QED) is 0.779. The number of carbonyl (C=O) groups is 1. The van der Waals surface area contributed by atoms with Crippen LogP contribution in [0.25, 0.3) is 5.69 Å². The van der Waals surface area contributed by atoms with E-state index in [0.717, 1.165) is 29.9 Å². The lowest BCUT2D eigenvalue weighted by Crippen LogP contribution is -2.33. The number of rotatable bonds is 7. The van der Waals surface area contributed by atoms with E-state index in [9.17, 15) is 4.79 Å². The molecule has 23 heavy (non-hydrogen) atoms. The van der Waals surface area contributed by atoms with Crippen molar-refractivity contribution in [3.05, 3.63) is 47.3 Å². The molecule has 1 amide bonds. The summed E-state index contributed by atoms with van der Waals surface area (Å²) in [6.07, 6.45) is 4.58. The summed E-state index contributed by atoms with van der Waals surface area (Å²) in [6, 6.07) is 10.1. The zero-order valence-corrected chi connectivity index (χ0v) is 14.6. The lowest BCUT2D eigenvalue weighted by atomic mass is 10.1. The van der Waals surface area contributed by atoms with Crippen molar-refractivity contribution < 1.29 is 4.79 Å². The van der Waals surface area contributed by atoms with Crippen LogP contribution < -0.4 is 5.32 Å². The molecular formula is C19H27N3O. The Kier molecular flexibility index (Phi) is 5.97. The monoisotopic (exact) mass is 313 g/mol. The van der Waals surface area contributed by atoms with Crippen LogP contribution in [0.5, 0.6) is 0 Å². The van der Waals surface area contributed by atoms with Gasteiger partial charge in [-0.1, -0.05) is 44.4 Å². The summed E-state index contributed by atoms with van der Waals surface area (Å²) in [5, 5.41) is 7.65. The van der Waals surface area contributed by atoms with Crippen LogP contribution >= 0.6 is 0 Å². The smallest absolute Gasteiger partial charge is 0.255 e. The van der Waals surface area contributed by atoms with Gasteiger partial charge in [0, 0.05) is 6.04 Å².